The van der Waals surface area contributed by atoms with Crippen LogP contribution < -0.4 is 10.1 Å². The Labute approximate surface area is 98.0 Å². The van der Waals surface area contributed by atoms with Crippen molar-refractivity contribution in [3.05, 3.63) is 23.8 Å². The molecule has 1 N–H and O–H groups in total. The normalized spacial score (nSPS) is 20.1. The number of nitrogens with one attached hydrogen (secondary N) is 1. The van der Waals surface area contributed by atoms with Gasteiger partial charge in [0.2, 0.25) is 0 Å². The van der Waals surface area contributed by atoms with E-state index in [9.17, 15) is 0 Å². The van der Waals surface area contributed by atoms with Crippen LogP contribution in [0.3, 0.4) is 0 Å². The van der Waals surface area contributed by atoms with Crippen LogP contribution >= 0.6 is 0 Å². The predicted octanol–water partition coefficient (Wildman–Crippen LogP) is 3.64. The Bertz CT molecular complexity index is 362. The zero-order valence-electron chi connectivity index (χ0n) is 10.4. The van der Waals surface area contributed by atoms with Gasteiger partial charge in [-0.25, -0.2) is 0 Å². The van der Waals surface area contributed by atoms with Gasteiger partial charge in [0.15, 0.2) is 0 Å². The fourth-order valence-corrected chi connectivity index (χ4v) is 2.63. The summed E-state index contributed by atoms with van der Waals surface area (Å²) >= 11 is 0. The highest BCUT2D eigenvalue weighted by atomic mass is 16.5. The Morgan fingerprint density at radius 3 is 3.00 bits per heavy atom. The van der Waals surface area contributed by atoms with Gasteiger partial charge in [-0.2, -0.15) is 0 Å². The Morgan fingerprint density at radius 1 is 1.50 bits per heavy atom. The zero-order chi connectivity index (χ0) is 11.5. The summed E-state index contributed by atoms with van der Waals surface area (Å²) in [6, 6.07) is 6.34. The third-order valence-electron chi connectivity index (χ3n) is 3.60. The average Bonchev–Trinajstić information content (AvgIpc) is 2.71. The Morgan fingerprint density at radius 2 is 2.31 bits per heavy atom. The van der Waals surface area contributed by atoms with Crippen LogP contribution in [0.1, 0.15) is 38.2 Å². The van der Waals surface area contributed by atoms with Gasteiger partial charge in [0, 0.05) is 18.2 Å². The van der Waals surface area contributed by atoms with Gasteiger partial charge in [-0.05, 0) is 29.7 Å². The van der Waals surface area contributed by atoms with Gasteiger partial charge in [0.25, 0.3) is 0 Å². The Hall–Kier alpha value is -1.18. The molecule has 88 valence electrons. The molecule has 2 unspecified atom stereocenters. The van der Waals surface area contributed by atoms with Crippen molar-refractivity contribution < 1.29 is 4.74 Å². The topological polar surface area (TPSA) is 21.3 Å². The summed E-state index contributed by atoms with van der Waals surface area (Å²) in [7, 11) is 1.73. The molecular weight excluding hydrogens is 198 g/mol. The standard InChI is InChI=1S/C14H21NO/c1-4-5-10(2)13-9-15-14-7-6-11(16-3)8-12(13)14/h6-8,10,13,15H,4-5,9H2,1-3H3. The van der Waals surface area contributed by atoms with Gasteiger partial charge >= 0.3 is 0 Å². The summed E-state index contributed by atoms with van der Waals surface area (Å²) in [4.78, 5) is 0. The maximum atomic E-state index is 5.30. The van der Waals surface area contributed by atoms with Crippen molar-refractivity contribution in [3.63, 3.8) is 0 Å². The second kappa shape index (κ2) is 4.77. The number of fused-ring (bicyclic) bond motifs is 1. The molecule has 1 aliphatic rings. The van der Waals surface area contributed by atoms with Crippen molar-refractivity contribution in [2.24, 2.45) is 5.92 Å². The van der Waals surface area contributed by atoms with Crippen molar-refractivity contribution >= 4 is 5.69 Å². The van der Waals surface area contributed by atoms with E-state index in [4.69, 9.17) is 4.74 Å². The van der Waals surface area contributed by atoms with E-state index in [0.29, 0.717) is 5.92 Å². The van der Waals surface area contributed by atoms with Gasteiger partial charge in [0.05, 0.1) is 7.11 Å². The molecule has 0 aromatic heterocycles. The molecule has 16 heavy (non-hydrogen) atoms. The summed E-state index contributed by atoms with van der Waals surface area (Å²) in [5, 5.41) is 3.49. The minimum absolute atomic E-state index is 0.644. The molecule has 0 saturated carbocycles. The van der Waals surface area contributed by atoms with Gasteiger partial charge < -0.3 is 10.1 Å². The quantitative estimate of drug-likeness (QED) is 0.834. The first-order chi connectivity index (χ1) is 7.76. The van der Waals surface area contributed by atoms with E-state index in [1.807, 2.05) is 6.07 Å². The van der Waals surface area contributed by atoms with Gasteiger partial charge in [0.1, 0.15) is 5.75 Å². The summed E-state index contributed by atoms with van der Waals surface area (Å²) in [6.45, 7) is 5.68. The highest BCUT2D eigenvalue weighted by Gasteiger charge is 2.26. The van der Waals surface area contributed by atoms with E-state index in [-0.39, 0.29) is 0 Å². The number of ether oxygens (including phenoxy) is 1. The lowest BCUT2D eigenvalue weighted by Crippen LogP contribution is -2.11. The van der Waals surface area contributed by atoms with Crippen LogP contribution in [0.2, 0.25) is 0 Å². The van der Waals surface area contributed by atoms with E-state index in [1.165, 1.54) is 24.1 Å². The van der Waals surface area contributed by atoms with Crippen molar-refractivity contribution in [1.82, 2.24) is 0 Å². The van der Waals surface area contributed by atoms with Crippen LogP contribution in [-0.2, 0) is 0 Å². The van der Waals surface area contributed by atoms with Crippen LogP contribution in [-0.4, -0.2) is 13.7 Å². The summed E-state index contributed by atoms with van der Waals surface area (Å²) < 4.78 is 5.30. The van der Waals surface area contributed by atoms with Gasteiger partial charge in [-0.1, -0.05) is 26.7 Å². The molecule has 1 aliphatic heterocycles. The van der Waals surface area contributed by atoms with Crippen LogP contribution in [0.25, 0.3) is 0 Å². The predicted molar refractivity (Wildman–Crippen MR) is 68.3 cm³/mol. The summed E-state index contributed by atoms with van der Waals surface area (Å²) in [5.41, 5.74) is 2.72. The monoisotopic (exact) mass is 219 g/mol. The molecule has 0 saturated heterocycles. The number of hydrogen-bond acceptors (Lipinski definition) is 2. The third-order valence-corrected chi connectivity index (χ3v) is 3.60. The molecule has 2 nitrogen and oxygen atoms in total. The van der Waals surface area contributed by atoms with Crippen LogP contribution in [0.15, 0.2) is 18.2 Å². The molecule has 1 heterocycles. The highest BCUT2D eigenvalue weighted by Crippen LogP contribution is 2.39. The van der Waals surface area contributed by atoms with Gasteiger partial charge in [-0.15, -0.1) is 0 Å². The van der Waals surface area contributed by atoms with Crippen molar-refractivity contribution in [1.29, 1.82) is 0 Å². The second-order valence-corrected chi connectivity index (χ2v) is 4.71. The molecule has 0 bridgehead atoms. The molecule has 1 aromatic carbocycles. The lowest BCUT2D eigenvalue weighted by Gasteiger charge is -2.18. The fraction of sp³-hybridized carbons (Fsp3) is 0.571. The number of rotatable bonds is 4. The Kier molecular flexibility index (Phi) is 3.37. The number of anilines is 1. The van der Waals surface area contributed by atoms with E-state index in [1.54, 1.807) is 7.11 Å². The first-order valence-corrected chi connectivity index (χ1v) is 6.18. The fourth-order valence-electron chi connectivity index (χ4n) is 2.63. The van der Waals surface area contributed by atoms with Gasteiger partial charge in [-0.3, -0.25) is 0 Å². The molecular formula is C14H21NO. The summed E-state index contributed by atoms with van der Waals surface area (Å²) in [5.74, 6) is 2.35. The molecule has 2 atom stereocenters. The largest absolute Gasteiger partial charge is 0.497 e. The average molecular weight is 219 g/mol. The maximum absolute atomic E-state index is 5.30. The Balaban J connectivity index is 2.23. The van der Waals surface area contributed by atoms with E-state index in [0.717, 1.165) is 18.2 Å². The maximum Gasteiger partial charge on any atom is 0.119 e. The van der Waals surface area contributed by atoms with Crippen molar-refractivity contribution in [3.8, 4) is 5.75 Å². The lowest BCUT2D eigenvalue weighted by atomic mass is 9.86. The molecule has 2 heteroatoms. The van der Waals surface area contributed by atoms with E-state index in [2.05, 4.69) is 31.3 Å². The van der Waals surface area contributed by atoms with Crippen LogP contribution in [0.5, 0.6) is 5.75 Å². The molecule has 2 rings (SSSR count). The highest BCUT2D eigenvalue weighted by molar-refractivity contribution is 5.60. The van der Waals surface area contributed by atoms with Crippen molar-refractivity contribution in [2.75, 3.05) is 19.0 Å². The molecule has 0 fully saturated rings. The molecule has 0 aliphatic carbocycles. The minimum atomic E-state index is 0.644. The van der Waals surface area contributed by atoms with Crippen LogP contribution in [0, 0.1) is 5.92 Å². The second-order valence-electron chi connectivity index (χ2n) is 4.71. The number of hydrogen-bond donors (Lipinski definition) is 1. The molecule has 0 radical (unpaired) electrons. The van der Waals surface area contributed by atoms with E-state index < -0.39 is 0 Å². The van der Waals surface area contributed by atoms with Crippen LogP contribution in [0.4, 0.5) is 5.69 Å². The number of benzene rings is 1. The van der Waals surface area contributed by atoms with Crippen molar-refractivity contribution in [2.45, 2.75) is 32.6 Å². The smallest absolute Gasteiger partial charge is 0.119 e. The molecule has 1 aromatic rings. The lowest BCUT2D eigenvalue weighted by molar-refractivity contribution is 0.411. The van der Waals surface area contributed by atoms with E-state index >= 15 is 0 Å². The number of methoxy groups -OCH3 is 1. The first kappa shape index (κ1) is 11.3. The zero-order valence-corrected chi connectivity index (χ0v) is 10.4. The molecule has 0 amide bonds. The molecule has 0 spiro atoms. The first-order valence-electron chi connectivity index (χ1n) is 6.18. The summed E-state index contributed by atoms with van der Waals surface area (Å²) in [6.07, 6.45) is 2.56. The SMILES string of the molecule is CCCC(C)C1CNc2ccc(OC)cc21. The minimum Gasteiger partial charge on any atom is -0.497 e. The third kappa shape index (κ3) is 2.01.